The van der Waals surface area contributed by atoms with Crippen LogP contribution in [-0.4, -0.2) is 19.9 Å². The molecule has 0 amide bonds. The van der Waals surface area contributed by atoms with Gasteiger partial charge in [0.2, 0.25) is 0 Å². The van der Waals surface area contributed by atoms with Crippen LogP contribution in [-0.2, 0) is 0 Å². The summed E-state index contributed by atoms with van der Waals surface area (Å²) in [6.07, 6.45) is 7.52. The highest BCUT2D eigenvalue weighted by molar-refractivity contribution is 5.71. The zero-order valence-electron chi connectivity index (χ0n) is 14.0. The molecule has 0 fully saturated rings. The second kappa shape index (κ2) is 7.49. The van der Waals surface area contributed by atoms with Gasteiger partial charge in [0.1, 0.15) is 5.69 Å². The molecule has 0 atom stereocenters. The lowest BCUT2D eigenvalue weighted by Crippen LogP contribution is -1.97. The van der Waals surface area contributed by atoms with Crippen LogP contribution < -0.4 is 0 Å². The number of pyridine rings is 2. The summed E-state index contributed by atoms with van der Waals surface area (Å²) < 4.78 is 0. The molecule has 0 radical (unpaired) electrons. The molecule has 124 valence electrons. The number of rotatable bonds is 4. The summed E-state index contributed by atoms with van der Waals surface area (Å²) in [5, 5.41) is 0. The molecular weight excluding hydrogens is 320 g/mol. The Morgan fingerprint density at radius 3 is 1.96 bits per heavy atom. The average molecular weight is 336 g/mol. The molecule has 4 rings (SSSR count). The first kappa shape index (κ1) is 15.8. The molecular formula is C22H16N4. The average Bonchev–Trinajstić information content (AvgIpc) is 2.74. The molecule has 4 heteroatoms. The number of benzene rings is 1. The molecule has 4 aromatic rings. The number of aromatic nitrogens is 4. The SMILES string of the molecule is C(=C\c1cc(-c2ccccn2)nc(-c2ccccn2)n1)/c1ccccc1. The van der Waals surface area contributed by atoms with Gasteiger partial charge in [0, 0.05) is 12.4 Å². The van der Waals surface area contributed by atoms with E-state index in [0.717, 1.165) is 28.3 Å². The fourth-order valence-electron chi connectivity index (χ4n) is 2.55. The second-order valence-corrected chi connectivity index (χ2v) is 5.68. The molecule has 0 bridgehead atoms. The third kappa shape index (κ3) is 3.70. The van der Waals surface area contributed by atoms with Gasteiger partial charge in [-0.2, -0.15) is 0 Å². The summed E-state index contributed by atoms with van der Waals surface area (Å²) in [5.41, 5.74) is 4.24. The molecule has 0 saturated carbocycles. The van der Waals surface area contributed by atoms with Gasteiger partial charge >= 0.3 is 0 Å². The van der Waals surface area contributed by atoms with Gasteiger partial charge in [-0.05, 0) is 42.0 Å². The normalized spacial score (nSPS) is 10.9. The predicted molar refractivity (Wildman–Crippen MR) is 104 cm³/mol. The minimum atomic E-state index is 0.585. The Balaban J connectivity index is 1.79. The summed E-state index contributed by atoms with van der Waals surface area (Å²) in [6.45, 7) is 0. The van der Waals surface area contributed by atoms with Crippen molar-refractivity contribution >= 4 is 12.2 Å². The van der Waals surface area contributed by atoms with Crippen molar-refractivity contribution in [3.8, 4) is 22.9 Å². The van der Waals surface area contributed by atoms with E-state index in [9.17, 15) is 0 Å². The van der Waals surface area contributed by atoms with Gasteiger partial charge in [-0.15, -0.1) is 0 Å². The van der Waals surface area contributed by atoms with Gasteiger partial charge in [-0.3, -0.25) is 9.97 Å². The molecule has 3 aromatic heterocycles. The summed E-state index contributed by atoms with van der Waals surface area (Å²) in [5.74, 6) is 0.585. The van der Waals surface area contributed by atoms with Gasteiger partial charge in [0.15, 0.2) is 5.82 Å². The summed E-state index contributed by atoms with van der Waals surface area (Å²) in [7, 11) is 0. The minimum absolute atomic E-state index is 0.585. The van der Waals surface area contributed by atoms with Crippen molar-refractivity contribution in [2.75, 3.05) is 0 Å². The topological polar surface area (TPSA) is 51.6 Å². The molecule has 0 saturated heterocycles. The van der Waals surface area contributed by atoms with Crippen LogP contribution in [0.25, 0.3) is 35.1 Å². The molecule has 0 aliphatic rings. The van der Waals surface area contributed by atoms with Crippen molar-refractivity contribution in [2.24, 2.45) is 0 Å². The fourth-order valence-corrected chi connectivity index (χ4v) is 2.55. The monoisotopic (exact) mass is 336 g/mol. The first-order chi connectivity index (χ1) is 12.9. The lowest BCUT2D eigenvalue weighted by Gasteiger charge is -2.05. The summed E-state index contributed by atoms with van der Waals surface area (Å²) in [4.78, 5) is 18.1. The quantitative estimate of drug-likeness (QED) is 0.538. The van der Waals surface area contributed by atoms with E-state index in [1.165, 1.54) is 0 Å². The molecule has 26 heavy (non-hydrogen) atoms. The van der Waals surface area contributed by atoms with Crippen LogP contribution in [0, 0.1) is 0 Å². The molecule has 0 N–H and O–H groups in total. The Hall–Kier alpha value is -3.66. The van der Waals surface area contributed by atoms with Crippen LogP contribution in [0.4, 0.5) is 0 Å². The summed E-state index contributed by atoms with van der Waals surface area (Å²) in [6, 6.07) is 23.6. The van der Waals surface area contributed by atoms with Crippen LogP contribution in [0.15, 0.2) is 85.2 Å². The molecule has 3 heterocycles. The van der Waals surface area contributed by atoms with Gasteiger partial charge in [0.25, 0.3) is 0 Å². The lowest BCUT2D eigenvalue weighted by atomic mass is 10.1. The zero-order valence-corrected chi connectivity index (χ0v) is 14.0. The van der Waals surface area contributed by atoms with Crippen LogP contribution >= 0.6 is 0 Å². The van der Waals surface area contributed by atoms with Gasteiger partial charge in [-0.1, -0.05) is 48.5 Å². The maximum atomic E-state index is 4.66. The molecule has 0 unspecified atom stereocenters. The number of nitrogens with zero attached hydrogens (tertiary/aromatic N) is 4. The van der Waals surface area contributed by atoms with Crippen LogP contribution in [0.5, 0.6) is 0 Å². The van der Waals surface area contributed by atoms with Crippen molar-refractivity contribution in [2.45, 2.75) is 0 Å². The third-order valence-corrected chi connectivity index (χ3v) is 3.81. The Morgan fingerprint density at radius 2 is 1.27 bits per heavy atom. The van der Waals surface area contributed by atoms with Crippen LogP contribution in [0.1, 0.15) is 11.3 Å². The molecule has 4 nitrogen and oxygen atoms in total. The van der Waals surface area contributed by atoms with E-state index in [4.69, 9.17) is 0 Å². The summed E-state index contributed by atoms with van der Waals surface area (Å²) >= 11 is 0. The van der Waals surface area contributed by atoms with Crippen molar-refractivity contribution in [1.29, 1.82) is 0 Å². The Labute approximate surface area is 152 Å². The van der Waals surface area contributed by atoms with Crippen LogP contribution in [0.2, 0.25) is 0 Å². The van der Waals surface area contributed by atoms with E-state index >= 15 is 0 Å². The highest BCUT2D eigenvalue weighted by atomic mass is 14.9. The van der Waals surface area contributed by atoms with Crippen molar-refractivity contribution in [3.05, 3.63) is 96.4 Å². The molecule has 0 aliphatic carbocycles. The lowest BCUT2D eigenvalue weighted by molar-refractivity contribution is 1.12. The standard InChI is InChI=1S/C22H16N4/c1-2-8-17(9-3-1)12-13-18-16-21(19-10-4-6-14-23-19)26-22(25-18)20-11-5-7-15-24-20/h1-16H/b13-12+. The zero-order chi connectivity index (χ0) is 17.6. The molecule has 1 aromatic carbocycles. The minimum Gasteiger partial charge on any atom is -0.255 e. The van der Waals surface area contributed by atoms with E-state index in [1.807, 2.05) is 72.8 Å². The van der Waals surface area contributed by atoms with Crippen molar-refractivity contribution < 1.29 is 0 Å². The van der Waals surface area contributed by atoms with E-state index in [0.29, 0.717) is 5.82 Å². The number of hydrogen-bond acceptors (Lipinski definition) is 4. The molecule has 0 aliphatic heterocycles. The van der Waals surface area contributed by atoms with E-state index < -0.39 is 0 Å². The number of hydrogen-bond donors (Lipinski definition) is 0. The third-order valence-electron chi connectivity index (χ3n) is 3.81. The van der Waals surface area contributed by atoms with Crippen molar-refractivity contribution in [3.63, 3.8) is 0 Å². The smallest absolute Gasteiger partial charge is 0.179 e. The van der Waals surface area contributed by atoms with Crippen molar-refractivity contribution in [1.82, 2.24) is 19.9 Å². The largest absolute Gasteiger partial charge is 0.255 e. The Morgan fingerprint density at radius 1 is 0.577 bits per heavy atom. The Bertz CT molecular complexity index is 956. The van der Waals surface area contributed by atoms with E-state index in [-0.39, 0.29) is 0 Å². The Kier molecular flexibility index (Phi) is 4.56. The maximum Gasteiger partial charge on any atom is 0.179 e. The fraction of sp³-hybridized carbons (Fsp3) is 0. The highest BCUT2D eigenvalue weighted by Crippen LogP contribution is 2.20. The van der Waals surface area contributed by atoms with Gasteiger partial charge in [0.05, 0.1) is 17.1 Å². The predicted octanol–water partition coefficient (Wildman–Crippen LogP) is 4.77. The first-order valence-corrected chi connectivity index (χ1v) is 8.33. The van der Waals surface area contributed by atoms with Gasteiger partial charge < -0.3 is 0 Å². The van der Waals surface area contributed by atoms with E-state index in [2.05, 4.69) is 32.1 Å². The molecule has 0 spiro atoms. The first-order valence-electron chi connectivity index (χ1n) is 8.33. The van der Waals surface area contributed by atoms with Gasteiger partial charge in [-0.25, -0.2) is 9.97 Å². The highest BCUT2D eigenvalue weighted by Gasteiger charge is 2.09. The van der Waals surface area contributed by atoms with Crippen LogP contribution in [0.3, 0.4) is 0 Å². The second-order valence-electron chi connectivity index (χ2n) is 5.68. The maximum absolute atomic E-state index is 4.66. The van der Waals surface area contributed by atoms with E-state index in [1.54, 1.807) is 12.4 Å².